The van der Waals surface area contributed by atoms with Crippen molar-refractivity contribution in [3.8, 4) is 33.1 Å². The molecule has 0 aliphatic carbocycles. The molecule has 1 aliphatic rings. The Bertz CT molecular complexity index is 914. The summed E-state index contributed by atoms with van der Waals surface area (Å²) in [4.78, 5) is 3.54. The molecule has 0 spiro atoms. The van der Waals surface area contributed by atoms with E-state index in [2.05, 4.69) is 29.2 Å². The lowest BCUT2D eigenvalue weighted by molar-refractivity contribution is 0.357. The number of ether oxygens (including phenoxy) is 1. The van der Waals surface area contributed by atoms with Crippen LogP contribution in [0, 0.1) is 5.82 Å². The van der Waals surface area contributed by atoms with E-state index in [1.165, 1.54) is 31.7 Å². The van der Waals surface area contributed by atoms with E-state index in [1.807, 2.05) is 11.4 Å². The lowest BCUT2D eigenvalue weighted by Crippen LogP contribution is -2.17. The fraction of sp³-hybridized carbons (Fsp3) is 0.238. The Balaban J connectivity index is 1.61. The highest BCUT2D eigenvalue weighted by Crippen LogP contribution is 2.38. The first-order valence-corrected chi connectivity index (χ1v) is 9.54. The molecule has 0 saturated carbocycles. The van der Waals surface area contributed by atoms with Crippen LogP contribution >= 0.6 is 11.3 Å². The van der Waals surface area contributed by atoms with Gasteiger partial charge >= 0.3 is 0 Å². The third-order valence-corrected chi connectivity index (χ3v) is 5.78. The third kappa shape index (κ3) is 3.15. The summed E-state index contributed by atoms with van der Waals surface area (Å²) in [6.45, 7) is 2.27. The molecular weight excluding hydrogens is 349 g/mol. The molecule has 26 heavy (non-hydrogen) atoms. The summed E-state index contributed by atoms with van der Waals surface area (Å²) in [6, 6.07) is 13.6. The highest BCUT2D eigenvalue weighted by atomic mass is 32.1. The largest absolute Gasteiger partial charge is 0.502 e. The predicted octanol–water partition coefficient (Wildman–Crippen LogP) is 5.54. The van der Waals surface area contributed by atoms with Gasteiger partial charge in [-0.1, -0.05) is 12.1 Å². The fourth-order valence-corrected chi connectivity index (χ4v) is 4.27. The molecular formula is C21H20FNO2S. The number of methoxy groups -OCH3 is 1. The molecule has 2 heterocycles. The van der Waals surface area contributed by atoms with Gasteiger partial charge < -0.3 is 14.7 Å². The summed E-state index contributed by atoms with van der Waals surface area (Å²) in [6.07, 6.45) is 2.53. The van der Waals surface area contributed by atoms with E-state index in [9.17, 15) is 9.50 Å². The first-order chi connectivity index (χ1) is 12.7. The summed E-state index contributed by atoms with van der Waals surface area (Å²) >= 11 is 1.62. The molecule has 2 aromatic carbocycles. The van der Waals surface area contributed by atoms with Crippen molar-refractivity contribution in [2.45, 2.75) is 12.8 Å². The number of aromatic hydroxyl groups is 1. The van der Waals surface area contributed by atoms with Gasteiger partial charge in [0.05, 0.1) is 7.11 Å². The van der Waals surface area contributed by atoms with Crippen molar-refractivity contribution < 1.29 is 14.2 Å². The summed E-state index contributed by atoms with van der Waals surface area (Å²) in [5, 5.41) is 11.7. The molecule has 0 amide bonds. The second kappa shape index (κ2) is 7.00. The third-order valence-electron chi connectivity index (χ3n) is 4.80. The Kier molecular flexibility index (Phi) is 4.55. The Morgan fingerprint density at radius 1 is 1.00 bits per heavy atom. The van der Waals surface area contributed by atoms with Gasteiger partial charge in [-0.15, -0.1) is 11.3 Å². The number of nitrogens with zero attached hydrogens (tertiary/aromatic N) is 1. The van der Waals surface area contributed by atoms with Crippen LogP contribution in [0.1, 0.15) is 12.8 Å². The van der Waals surface area contributed by atoms with Gasteiger partial charge in [0.2, 0.25) is 0 Å². The number of hydrogen-bond acceptors (Lipinski definition) is 4. The van der Waals surface area contributed by atoms with Gasteiger partial charge in [0.1, 0.15) is 0 Å². The number of thiophene rings is 1. The highest BCUT2D eigenvalue weighted by Gasteiger charge is 2.14. The number of benzene rings is 2. The average molecular weight is 369 g/mol. The Morgan fingerprint density at radius 3 is 2.42 bits per heavy atom. The lowest BCUT2D eigenvalue weighted by Gasteiger charge is -2.17. The Morgan fingerprint density at radius 2 is 1.73 bits per heavy atom. The molecule has 1 saturated heterocycles. The SMILES string of the molecule is COc1cc(-c2csc(-c3ccc(N4CCCC4)cc3)c2)cc(F)c1O. The minimum atomic E-state index is -0.679. The standard InChI is InChI=1S/C21H20FNO2S/c1-25-19-11-15(10-18(22)21(19)24)16-12-20(26-13-16)14-4-6-17(7-5-14)23-8-2-3-9-23/h4-7,10-13,24H,2-3,8-9H2,1H3. The molecule has 1 fully saturated rings. The molecule has 0 atom stereocenters. The van der Waals surface area contributed by atoms with Crippen LogP contribution in [0.3, 0.4) is 0 Å². The second-order valence-electron chi connectivity index (χ2n) is 6.45. The van der Waals surface area contributed by atoms with Crippen LogP contribution in [0.5, 0.6) is 11.5 Å². The summed E-state index contributed by atoms with van der Waals surface area (Å²) in [5.74, 6) is -0.992. The molecule has 1 aliphatic heterocycles. The van der Waals surface area contributed by atoms with Crippen molar-refractivity contribution in [2.24, 2.45) is 0 Å². The zero-order valence-electron chi connectivity index (χ0n) is 14.5. The summed E-state index contributed by atoms with van der Waals surface area (Å²) in [5.41, 5.74) is 4.02. The number of halogens is 1. The monoisotopic (exact) mass is 369 g/mol. The zero-order valence-corrected chi connectivity index (χ0v) is 15.4. The lowest BCUT2D eigenvalue weighted by atomic mass is 10.1. The summed E-state index contributed by atoms with van der Waals surface area (Å²) in [7, 11) is 1.42. The van der Waals surface area contributed by atoms with Crippen molar-refractivity contribution in [1.29, 1.82) is 0 Å². The van der Waals surface area contributed by atoms with Crippen LogP contribution in [0.2, 0.25) is 0 Å². The number of phenols is 1. The quantitative estimate of drug-likeness (QED) is 0.656. The molecule has 134 valence electrons. The van der Waals surface area contributed by atoms with E-state index >= 15 is 0 Å². The number of rotatable bonds is 4. The molecule has 5 heteroatoms. The van der Waals surface area contributed by atoms with Crippen molar-refractivity contribution in [1.82, 2.24) is 0 Å². The van der Waals surface area contributed by atoms with E-state index in [-0.39, 0.29) is 5.75 Å². The fourth-order valence-electron chi connectivity index (χ4n) is 3.35. The minimum absolute atomic E-state index is 0.141. The van der Waals surface area contributed by atoms with Crippen molar-refractivity contribution >= 4 is 17.0 Å². The average Bonchev–Trinajstić information content (AvgIpc) is 3.36. The second-order valence-corrected chi connectivity index (χ2v) is 7.36. The van der Waals surface area contributed by atoms with Crippen LogP contribution in [0.25, 0.3) is 21.6 Å². The first-order valence-electron chi connectivity index (χ1n) is 8.66. The maximum atomic E-state index is 13.9. The zero-order chi connectivity index (χ0) is 18.1. The van der Waals surface area contributed by atoms with Gasteiger partial charge in [0, 0.05) is 23.7 Å². The van der Waals surface area contributed by atoms with Crippen LogP contribution in [0.4, 0.5) is 10.1 Å². The van der Waals surface area contributed by atoms with E-state index in [0.717, 1.165) is 29.1 Å². The van der Waals surface area contributed by atoms with Gasteiger partial charge in [-0.2, -0.15) is 0 Å². The topological polar surface area (TPSA) is 32.7 Å². The van der Waals surface area contributed by atoms with E-state index in [4.69, 9.17) is 4.74 Å². The maximum Gasteiger partial charge on any atom is 0.194 e. The van der Waals surface area contributed by atoms with Crippen molar-refractivity contribution in [3.63, 3.8) is 0 Å². The molecule has 0 radical (unpaired) electrons. The van der Waals surface area contributed by atoms with Crippen LogP contribution in [-0.2, 0) is 0 Å². The molecule has 1 aromatic heterocycles. The molecule has 4 rings (SSSR count). The van der Waals surface area contributed by atoms with E-state index in [0.29, 0.717) is 5.56 Å². The van der Waals surface area contributed by atoms with E-state index < -0.39 is 11.6 Å². The number of anilines is 1. The Labute approximate surface area is 156 Å². The normalized spacial score (nSPS) is 14.0. The minimum Gasteiger partial charge on any atom is -0.502 e. The molecule has 1 N–H and O–H groups in total. The number of phenolic OH excluding ortho intramolecular Hbond substituents is 1. The van der Waals surface area contributed by atoms with Gasteiger partial charge in [-0.05, 0) is 65.2 Å². The first kappa shape index (κ1) is 16.9. The van der Waals surface area contributed by atoms with E-state index in [1.54, 1.807) is 17.4 Å². The summed E-state index contributed by atoms with van der Waals surface area (Å²) < 4.78 is 19.0. The smallest absolute Gasteiger partial charge is 0.194 e. The van der Waals surface area contributed by atoms with Gasteiger partial charge in [0.15, 0.2) is 17.3 Å². The maximum absolute atomic E-state index is 13.9. The van der Waals surface area contributed by atoms with Crippen LogP contribution in [-0.4, -0.2) is 25.3 Å². The highest BCUT2D eigenvalue weighted by molar-refractivity contribution is 7.14. The molecule has 3 nitrogen and oxygen atoms in total. The van der Waals surface area contributed by atoms with Gasteiger partial charge in [-0.3, -0.25) is 0 Å². The van der Waals surface area contributed by atoms with Gasteiger partial charge in [-0.25, -0.2) is 4.39 Å². The Hall–Kier alpha value is -2.53. The van der Waals surface area contributed by atoms with Crippen molar-refractivity contribution in [2.75, 3.05) is 25.1 Å². The predicted molar refractivity (Wildman–Crippen MR) is 105 cm³/mol. The molecule has 0 bridgehead atoms. The van der Waals surface area contributed by atoms with Crippen LogP contribution < -0.4 is 9.64 Å². The molecule has 3 aromatic rings. The number of hydrogen-bond donors (Lipinski definition) is 1. The van der Waals surface area contributed by atoms with Crippen molar-refractivity contribution in [3.05, 3.63) is 53.7 Å². The molecule has 0 unspecified atom stereocenters. The van der Waals surface area contributed by atoms with Gasteiger partial charge in [0.25, 0.3) is 0 Å². The van der Waals surface area contributed by atoms with Crippen LogP contribution in [0.15, 0.2) is 47.8 Å².